The second-order valence-electron chi connectivity index (χ2n) is 5.58. The maximum Gasteiger partial charge on any atom is 0.00103 e. The van der Waals surface area contributed by atoms with Gasteiger partial charge in [-0.15, -0.1) is 0 Å². The number of fused-ring (bicyclic) bond motifs is 1. The third-order valence-corrected chi connectivity index (χ3v) is 3.84. The molecule has 0 radical (unpaired) electrons. The Kier molecular flexibility index (Phi) is 3.34. The highest BCUT2D eigenvalue weighted by molar-refractivity contribution is 5.38. The highest BCUT2D eigenvalue weighted by Crippen LogP contribution is 2.40. The molecule has 0 spiro atoms. The Bertz CT molecular complexity index is 356. The Hall–Kier alpha value is -0.820. The molecule has 1 aliphatic rings. The van der Waals surface area contributed by atoms with Gasteiger partial charge < -0.3 is 5.32 Å². The molecule has 1 unspecified atom stereocenters. The molecule has 16 heavy (non-hydrogen) atoms. The maximum atomic E-state index is 3.53. The minimum atomic E-state index is 0.401. The standard InChI is InChI=1S/C15H23N/c1-12(2)16-11-10-15(3)9-8-13-6-4-5-7-14(13)15/h4-7,12,16H,8-11H2,1-3H3. The van der Waals surface area contributed by atoms with Crippen molar-refractivity contribution in [1.82, 2.24) is 5.32 Å². The molecule has 1 heteroatoms. The molecule has 0 heterocycles. The highest BCUT2D eigenvalue weighted by Gasteiger charge is 2.33. The lowest BCUT2D eigenvalue weighted by atomic mass is 9.81. The molecule has 1 aromatic carbocycles. The van der Waals surface area contributed by atoms with Crippen LogP contribution in [0.25, 0.3) is 0 Å². The summed E-state index contributed by atoms with van der Waals surface area (Å²) in [5, 5.41) is 3.53. The maximum absolute atomic E-state index is 3.53. The largest absolute Gasteiger partial charge is 0.315 e. The molecule has 0 aromatic heterocycles. The fraction of sp³-hybridized carbons (Fsp3) is 0.600. The molecule has 0 saturated carbocycles. The van der Waals surface area contributed by atoms with Crippen LogP contribution in [0.2, 0.25) is 0 Å². The van der Waals surface area contributed by atoms with Crippen molar-refractivity contribution in [3.8, 4) is 0 Å². The second-order valence-corrected chi connectivity index (χ2v) is 5.58. The third-order valence-electron chi connectivity index (χ3n) is 3.84. The Morgan fingerprint density at radius 3 is 2.81 bits per heavy atom. The molecule has 0 bridgehead atoms. The van der Waals surface area contributed by atoms with Crippen LogP contribution in [0, 0.1) is 0 Å². The zero-order valence-electron chi connectivity index (χ0n) is 10.7. The van der Waals surface area contributed by atoms with E-state index in [0.29, 0.717) is 11.5 Å². The van der Waals surface area contributed by atoms with E-state index in [1.165, 1.54) is 19.3 Å². The SMILES string of the molecule is CC(C)NCCC1(C)CCc2ccccc21. The first-order chi connectivity index (χ1) is 7.62. The van der Waals surface area contributed by atoms with Crippen LogP contribution in [-0.2, 0) is 11.8 Å². The molecule has 2 rings (SSSR count). The first kappa shape index (κ1) is 11.7. The van der Waals surface area contributed by atoms with Crippen LogP contribution in [0.1, 0.15) is 44.7 Å². The van der Waals surface area contributed by atoms with Gasteiger partial charge in [-0.05, 0) is 42.3 Å². The molecule has 1 aliphatic carbocycles. The number of benzene rings is 1. The van der Waals surface area contributed by atoms with Gasteiger partial charge in [-0.2, -0.15) is 0 Å². The van der Waals surface area contributed by atoms with Crippen molar-refractivity contribution in [3.05, 3.63) is 35.4 Å². The van der Waals surface area contributed by atoms with Crippen LogP contribution < -0.4 is 5.32 Å². The summed E-state index contributed by atoms with van der Waals surface area (Å²) in [6.07, 6.45) is 3.82. The van der Waals surface area contributed by atoms with Gasteiger partial charge >= 0.3 is 0 Å². The van der Waals surface area contributed by atoms with E-state index in [4.69, 9.17) is 0 Å². The van der Waals surface area contributed by atoms with Crippen LogP contribution >= 0.6 is 0 Å². The summed E-state index contributed by atoms with van der Waals surface area (Å²) in [5.41, 5.74) is 3.55. The molecule has 88 valence electrons. The summed E-state index contributed by atoms with van der Waals surface area (Å²) in [7, 11) is 0. The van der Waals surface area contributed by atoms with Gasteiger partial charge in [-0.1, -0.05) is 45.0 Å². The van der Waals surface area contributed by atoms with Gasteiger partial charge in [0.15, 0.2) is 0 Å². The van der Waals surface area contributed by atoms with Crippen molar-refractivity contribution in [2.45, 2.75) is 51.5 Å². The predicted octanol–water partition coefficient (Wildman–Crippen LogP) is 3.28. The summed E-state index contributed by atoms with van der Waals surface area (Å²) in [6, 6.07) is 9.55. The van der Waals surface area contributed by atoms with Gasteiger partial charge in [0.1, 0.15) is 0 Å². The van der Waals surface area contributed by atoms with Crippen molar-refractivity contribution in [1.29, 1.82) is 0 Å². The van der Waals surface area contributed by atoms with Crippen LogP contribution in [0.15, 0.2) is 24.3 Å². The minimum absolute atomic E-state index is 0.401. The van der Waals surface area contributed by atoms with Crippen molar-refractivity contribution < 1.29 is 0 Å². The van der Waals surface area contributed by atoms with Gasteiger partial charge in [0.2, 0.25) is 0 Å². The number of nitrogens with one attached hydrogen (secondary N) is 1. The van der Waals surface area contributed by atoms with Crippen molar-refractivity contribution in [3.63, 3.8) is 0 Å². The van der Waals surface area contributed by atoms with E-state index in [9.17, 15) is 0 Å². The summed E-state index contributed by atoms with van der Waals surface area (Å²) in [6.45, 7) is 7.97. The number of aryl methyl sites for hydroxylation is 1. The first-order valence-electron chi connectivity index (χ1n) is 6.43. The molecule has 1 nitrogen and oxygen atoms in total. The lowest BCUT2D eigenvalue weighted by Gasteiger charge is -2.26. The zero-order valence-corrected chi connectivity index (χ0v) is 10.7. The van der Waals surface area contributed by atoms with Crippen LogP contribution in [0.4, 0.5) is 0 Å². The van der Waals surface area contributed by atoms with E-state index in [2.05, 4.69) is 50.4 Å². The van der Waals surface area contributed by atoms with E-state index in [1.54, 1.807) is 11.1 Å². The zero-order chi connectivity index (χ0) is 11.6. The lowest BCUT2D eigenvalue weighted by Crippen LogP contribution is -2.30. The smallest absolute Gasteiger partial charge is 0.00103 e. The van der Waals surface area contributed by atoms with E-state index >= 15 is 0 Å². The molecule has 0 aliphatic heterocycles. The molecule has 0 amide bonds. The van der Waals surface area contributed by atoms with E-state index < -0.39 is 0 Å². The van der Waals surface area contributed by atoms with Crippen molar-refractivity contribution in [2.75, 3.05) is 6.54 Å². The summed E-state index contributed by atoms with van der Waals surface area (Å²) >= 11 is 0. The van der Waals surface area contributed by atoms with Gasteiger partial charge in [0, 0.05) is 6.04 Å². The Labute approximate surface area is 99.3 Å². The fourth-order valence-corrected chi connectivity index (χ4v) is 2.77. The molecule has 0 fully saturated rings. The molecular weight excluding hydrogens is 194 g/mol. The lowest BCUT2D eigenvalue weighted by molar-refractivity contribution is 0.406. The number of hydrogen-bond acceptors (Lipinski definition) is 1. The van der Waals surface area contributed by atoms with Gasteiger partial charge in [-0.25, -0.2) is 0 Å². The fourth-order valence-electron chi connectivity index (χ4n) is 2.77. The third kappa shape index (κ3) is 2.30. The Morgan fingerprint density at radius 1 is 1.31 bits per heavy atom. The van der Waals surface area contributed by atoms with Crippen molar-refractivity contribution >= 4 is 0 Å². The van der Waals surface area contributed by atoms with E-state index in [-0.39, 0.29) is 0 Å². The average molecular weight is 217 g/mol. The first-order valence-corrected chi connectivity index (χ1v) is 6.43. The van der Waals surface area contributed by atoms with Crippen LogP contribution in [0.5, 0.6) is 0 Å². The second kappa shape index (κ2) is 4.58. The van der Waals surface area contributed by atoms with Gasteiger partial charge in [0.25, 0.3) is 0 Å². The quantitative estimate of drug-likeness (QED) is 0.816. The summed E-state index contributed by atoms with van der Waals surface area (Å²) in [5.74, 6) is 0. The van der Waals surface area contributed by atoms with E-state index in [1.807, 2.05) is 0 Å². The molecule has 0 saturated heterocycles. The van der Waals surface area contributed by atoms with Crippen molar-refractivity contribution in [2.24, 2.45) is 0 Å². The highest BCUT2D eigenvalue weighted by atomic mass is 14.9. The number of hydrogen-bond donors (Lipinski definition) is 1. The van der Waals surface area contributed by atoms with Crippen LogP contribution in [-0.4, -0.2) is 12.6 Å². The molecule has 1 atom stereocenters. The normalized spacial score (nSPS) is 23.8. The van der Waals surface area contributed by atoms with Gasteiger partial charge in [0.05, 0.1) is 0 Å². The predicted molar refractivity (Wildman–Crippen MR) is 69.9 cm³/mol. The Morgan fingerprint density at radius 2 is 2.06 bits per heavy atom. The topological polar surface area (TPSA) is 12.0 Å². The number of rotatable bonds is 4. The average Bonchev–Trinajstić information content (AvgIpc) is 2.57. The van der Waals surface area contributed by atoms with Crippen LogP contribution in [0.3, 0.4) is 0 Å². The Balaban J connectivity index is 2.04. The monoisotopic (exact) mass is 217 g/mol. The summed E-state index contributed by atoms with van der Waals surface area (Å²) < 4.78 is 0. The molecule has 1 aromatic rings. The molecular formula is C15H23N. The summed E-state index contributed by atoms with van der Waals surface area (Å²) in [4.78, 5) is 0. The van der Waals surface area contributed by atoms with Gasteiger partial charge in [-0.3, -0.25) is 0 Å². The minimum Gasteiger partial charge on any atom is -0.315 e. The molecule has 1 N–H and O–H groups in total. The van der Waals surface area contributed by atoms with E-state index in [0.717, 1.165) is 6.54 Å².